The van der Waals surface area contributed by atoms with Gasteiger partial charge in [0.15, 0.2) is 11.6 Å². The van der Waals surface area contributed by atoms with Gasteiger partial charge in [0.1, 0.15) is 11.9 Å². The van der Waals surface area contributed by atoms with E-state index in [0.717, 1.165) is 44.0 Å². The summed E-state index contributed by atoms with van der Waals surface area (Å²) in [5, 5.41) is 3.34. The molecule has 17 heavy (non-hydrogen) atoms. The summed E-state index contributed by atoms with van der Waals surface area (Å²) in [5.41, 5.74) is 0. The van der Waals surface area contributed by atoms with Crippen LogP contribution in [0.15, 0.2) is 18.2 Å². The van der Waals surface area contributed by atoms with E-state index in [0.29, 0.717) is 6.04 Å². The van der Waals surface area contributed by atoms with Crippen molar-refractivity contribution in [2.24, 2.45) is 0 Å². The minimum Gasteiger partial charge on any atom is -0.487 e. The minimum absolute atomic E-state index is 0.0182. The van der Waals surface area contributed by atoms with E-state index in [1.165, 1.54) is 0 Å². The van der Waals surface area contributed by atoms with Crippen molar-refractivity contribution < 1.29 is 13.5 Å². The monoisotopic (exact) mass is 241 g/mol. The number of hydrogen-bond acceptors (Lipinski definition) is 2. The van der Waals surface area contributed by atoms with Gasteiger partial charge in [-0.05, 0) is 37.9 Å². The number of halogens is 2. The first kappa shape index (κ1) is 12.3. The molecule has 0 bridgehead atoms. The fraction of sp³-hybridized carbons (Fsp3) is 0.538. The topological polar surface area (TPSA) is 21.3 Å². The van der Waals surface area contributed by atoms with Gasteiger partial charge in [0.2, 0.25) is 0 Å². The molecule has 0 saturated heterocycles. The molecular weight excluding hydrogens is 224 g/mol. The lowest BCUT2D eigenvalue weighted by molar-refractivity contribution is 0.196. The van der Waals surface area contributed by atoms with Crippen molar-refractivity contribution in [1.29, 1.82) is 0 Å². The molecule has 2 unspecified atom stereocenters. The number of hydrogen-bond donors (Lipinski definition) is 1. The molecule has 1 aromatic carbocycles. The average Bonchev–Trinajstić information content (AvgIpc) is 2.72. The van der Waals surface area contributed by atoms with Crippen LogP contribution in [0, 0.1) is 11.6 Å². The molecule has 4 heteroatoms. The van der Waals surface area contributed by atoms with Crippen LogP contribution in [0.1, 0.15) is 26.2 Å². The Morgan fingerprint density at radius 2 is 2.18 bits per heavy atom. The molecule has 1 fully saturated rings. The standard InChI is InChI=1S/C13H17F2NO/c1-2-16-10-4-5-11(8-10)17-13-7-9(14)3-6-12(13)15/h3,6-7,10-11,16H,2,4-5,8H2,1H3. The van der Waals surface area contributed by atoms with Gasteiger partial charge in [-0.3, -0.25) is 0 Å². The van der Waals surface area contributed by atoms with E-state index in [9.17, 15) is 8.78 Å². The van der Waals surface area contributed by atoms with Crippen molar-refractivity contribution in [2.45, 2.75) is 38.3 Å². The zero-order valence-electron chi connectivity index (χ0n) is 9.88. The summed E-state index contributed by atoms with van der Waals surface area (Å²) in [6, 6.07) is 3.73. The van der Waals surface area contributed by atoms with Crippen molar-refractivity contribution in [3.63, 3.8) is 0 Å². The molecule has 0 spiro atoms. The fourth-order valence-corrected chi connectivity index (χ4v) is 2.27. The maximum atomic E-state index is 13.4. The van der Waals surface area contributed by atoms with E-state index in [2.05, 4.69) is 12.2 Å². The first-order valence-electron chi connectivity index (χ1n) is 6.04. The molecule has 0 heterocycles. The lowest BCUT2D eigenvalue weighted by Gasteiger charge is -2.15. The summed E-state index contributed by atoms with van der Waals surface area (Å²) in [6.45, 7) is 2.98. The van der Waals surface area contributed by atoms with Crippen LogP contribution in [-0.2, 0) is 0 Å². The molecule has 0 aromatic heterocycles. The van der Waals surface area contributed by atoms with Gasteiger partial charge in [-0.1, -0.05) is 6.92 Å². The summed E-state index contributed by atoms with van der Waals surface area (Å²) in [5.74, 6) is -0.951. The maximum absolute atomic E-state index is 13.4. The molecule has 1 N–H and O–H groups in total. The van der Waals surface area contributed by atoms with Gasteiger partial charge < -0.3 is 10.1 Å². The van der Waals surface area contributed by atoms with Crippen molar-refractivity contribution >= 4 is 0 Å². The Morgan fingerprint density at radius 3 is 2.94 bits per heavy atom. The molecule has 0 amide bonds. The van der Waals surface area contributed by atoms with Crippen LogP contribution in [0.25, 0.3) is 0 Å². The highest BCUT2D eigenvalue weighted by atomic mass is 19.1. The normalized spacial score (nSPS) is 23.9. The van der Waals surface area contributed by atoms with Crippen LogP contribution < -0.4 is 10.1 Å². The third-order valence-corrected chi connectivity index (χ3v) is 3.06. The summed E-state index contributed by atoms with van der Waals surface area (Å²) >= 11 is 0. The van der Waals surface area contributed by atoms with Gasteiger partial charge in [-0.15, -0.1) is 0 Å². The van der Waals surface area contributed by atoms with Gasteiger partial charge in [0.25, 0.3) is 0 Å². The van der Waals surface area contributed by atoms with E-state index < -0.39 is 11.6 Å². The Morgan fingerprint density at radius 1 is 1.35 bits per heavy atom. The number of ether oxygens (including phenoxy) is 1. The third kappa shape index (κ3) is 3.16. The lowest BCUT2D eigenvalue weighted by atomic mass is 10.2. The van der Waals surface area contributed by atoms with Crippen LogP contribution in [0.2, 0.25) is 0 Å². The molecule has 1 aliphatic carbocycles. The zero-order chi connectivity index (χ0) is 12.3. The van der Waals surface area contributed by atoms with Crippen molar-refractivity contribution in [2.75, 3.05) is 6.54 Å². The van der Waals surface area contributed by atoms with Gasteiger partial charge in [-0.25, -0.2) is 8.78 Å². The lowest BCUT2D eigenvalue weighted by Crippen LogP contribution is -2.27. The van der Waals surface area contributed by atoms with Gasteiger partial charge in [-0.2, -0.15) is 0 Å². The van der Waals surface area contributed by atoms with Crippen molar-refractivity contribution in [3.05, 3.63) is 29.8 Å². The van der Waals surface area contributed by atoms with E-state index in [-0.39, 0.29) is 11.9 Å². The highest BCUT2D eigenvalue weighted by Crippen LogP contribution is 2.26. The second kappa shape index (κ2) is 5.45. The van der Waals surface area contributed by atoms with Crippen LogP contribution in [-0.4, -0.2) is 18.7 Å². The highest BCUT2D eigenvalue weighted by molar-refractivity contribution is 5.25. The molecule has 94 valence electrons. The largest absolute Gasteiger partial charge is 0.487 e. The van der Waals surface area contributed by atoms with Crippen LogP contribution in [0.3, 0.4) is 0 Å². The molecule has 2 atom stereocenters. The molecule has 1 aliphatic rings. The fourth-order valence-electron chi connectivity index (χ4n) is 2.27. The van der Waals surface area contributed by atoms with Crippen LogP contribution >= 0.6 is 0 Å². The molecule has 1 saturated carbocycles. The average molecular weight is 241 g/mol. The Bertz CT molecular complexity index is 384. The van der Waals surface area contributed by atoms with Gasteiger partial charge in [0.05, 0.1) is 0 Å². The number of benzene rings is 1. The van der Waals surface area contributed by atoms with E-state index in [1.807, 2.05) is 0 Å². The number of nitrogens with one attached hydrogen (secondary N) is 1. The Hall–Kier alpha value is -1.16. The zero-order valence-corrected chi connectivity index (χ0v) is 9.88. The molecule has 1 aromatic rings. The minimum atomic E-state index is -0.502. The Kier molecular flexibility index (Phi) is 3.94. The summed E-state index contributed by atoms with van der Waals surface area (Å²) in [4.78, 5) is 0. The predicted octanol–water partition coefficient (Wildman–Crippen LogP) is 2.87. The van der Waals surface area contributed by atoms with Crippen molar-refractivity contribution in [1.82, 2.24) is 5.32 Å². The second-order valence-electron chi connectivity index (χ2n) is 4.38. The van der Waals surface area contributed by atoms with E-state index in [1.54, 1.807) is 0 Å². The summed E-state index contributed by atoms with van der Waals surface area (Å²) in [6.07, 6.45) is 2.74. The molecule has 0 radical (unpaired) electrons. The number of rotatable bonds is 4. The highest BCUT2D eigenvalue weighted by Gasteiger charge is 2.26. The van der Waals surface area contributed by atoms with Crippen molar-refractivity contribution in [3.8, 4) is 5.75 Å². The Labute approximate surface area is 100.0 Å². The molecule has 2 rings (SSSR count). The van der Waals surface area contributed by atoms with Crippen LogP contribution in [0.5, 0.6) is 5.75 Å². The quantitative estimate of drug-likeness (QED) is 0.875. The summed E-state index contributed by atoms with van der Waals surface area (Å²) < 4.78 is 31.8. The molecule has 2 nitrogen and oxygen atoms in total. The first-order chi connectivity index (χ1) is 8.19. The summed E-state index contributed by atoms with van der Waals surface area (Å²) in [7, 11) is 0. The SMILES string of the molecule is CCNC1CCC(Oc2cc(F)ccc2F)C1. The van der Waals surface area contributed by atoms with E-state index >= 15 is 0 Å². The first-order valence-corrected chi connectivity index (χ1v) is 6.04. The second-order valence-corrected chi connectivity index (χ2v) is 4.38. The molecular formula is C13H17F2NO. The predicted molar refractivity (Wildman–Crippen MR) is 62.1 cm³/mol. The van der Waals surface area contributed by atoms with E-state index in [4.69, 9.17) is 4.74 Å². The third-order valence-electron chi connectivity index (χ3n) is 3.06. The smallest absolute Gasteiger partial charge is 0.165 e. The van der Waals surface area contributed by atoms with Crippen LogP contribution in [0.4, 0.5) is 8.78 Å². The molecule has 0 aliphatic heterocycles. The maximum Gasteiger partial charge on any atom is 0.165 e. The Balaban J connectivity index is 1.95. The van der Waals surface area contributed by atoms with Gasteiger partial charge in [0, 0.05) is 12.1 Å². The van der Waals surface area contributed by atoms with Gasteiger partial charge >= 0.3 is 0 Å².